The second-order valence-electron chi connectivity index (χ2n) is 20.2. The lowest BCUT2D eigenvalue weighted by molar-refractivity contribution is -0.136. The topological polar surface area (TPSA) is 188 Å². The number of nitrogens with zero attached hydrogens (tertiary/aromatic N) is 5. The largest absolute Gasteiger partial charge is 0.453 e. The average Bonchev–Trinajstić information content (AvgIpc) is 4.24. The molecule has 2 saturated heterocycles. The highest BCUT2D eigenvalue weighted by atomic mass is 16.5. The predicted molar refractivity (Wildman–Crippen MR) is 267 cm³/mol. The predicted octanol–water partition coefficient (Wildman–Crippen LogP) is 10.2. The maximum absolute atomic E-state index is 13.7. The Morgan fingerprint density at radius 3 is 1.54 bits per heavy atom. The van der Waals surface area contributed by atoms with Crippen molar-refractivity contribution < 1.29 is 28.7 Å². The minimum atomic E-state index is -0.693. The molecule has 0 spiro atoms. The smallest absolute Gasteiger partial charge is 0.407 e. The molecule has 364 valence electrons. The van der Waals surface area contributed by atoms with E-state index in [1.165, 1.54) is 67.7 Å². The fourth-order valence-corrected chi connectivity index (χ4v) is 11.6. The van der Waals surface area contributed by atoms with Gasteiger partial charge in [-0.15, -0.1) is 0 Å². The van der Waals surface area contributed by atoms with Gasteiger partial charge in [0.05, 0.1) is 55.8 Å². The number of H-pyrrole nitrogens is 2. The number of likely N-dealkylation sites (tertiary alicyclic amines) is 2. The number of aromatic nitrogens is 5. The summed E-state index contributed by atoms with van der Waals surface area (Å²) in [7, 11) is 2.60. The molecular weight excluding hydrogens is 883 g/mol. The lowest BCUT2D eigenvalue weighted by atomic mass is 9.64. The minimum Gasteiger partial charge on any atom is -0.453 e. The van der Waals surface area contributed by atoms with Crippen molar-refractivity contribution in [3.05, 3.63) is 102 Å². The Morgan fingerprint density at radius 1 is 0.571 bits per heavy atom. The molecule has 3 aromatic heterocycles. The summed E-state index contributed by atoms with van der Waals surface area (Å²) in [6.45, 7) is 8.86. The minimum absolute atomic E-state index is 0.105. The molecule has 4 N–H and O–H groups in total. The normalized spacial score (nSPS) is 20.5. The molecule has 5 heterocycles. The molecule has 3 fully saturated rings. The monoisotopic (exact) mass is 945 g/mol. The zero-order valence-corrected chi connectivity index (χ0v) is 40.9. The summed E-state index contributed by atoms with van der Waals surface area (Å²) < 4.78 is 9.61. The van der Waals surface area contributed by atoms with Crippen molar-refractivity contribution in [2.24, 2.45) is 11.8 Å². The highest BCUT2D eigenvalue weighted by molar-refractivity contribution is 5.92. The molecule has 0 unspecified atom stereocenters. The lowest BCUT2D eigenvalue weighted by Gasteiger charge is -2.41. The molecule has 11 rings (SSSR count). The fraction of sp³-hybridized carbons (Fsp3) is 0.436. The second kappa shape index (κ2) is 19.4. The first-order chi connectivity index (χ1) is 33.9. The molecule has 3 aromatic carbocycles. The molecule has 15 nitrogen and oxygen atoms in total. The van der Waals surface area contributed by atoms with Crippen LogP contribution in [0.25, 0.3) is 55.7 Å². The van der Waals surface area contributed by atoms with Crippen LogP contribution in [0.15, 0.2) is 79.3 Å². The van der Waals surface area contributed by atoms with Crippen molar-refractivity contribution >= 4 is 34.8 Å². The Hall–Kier alpha value is -7.03. The molecule has 4 amide bonds. The van der Waals surface area contributed by atoms with E-state index in [0.717, 1.165) is 76.3 Å². The number of carbonyl (C=O) groups is 4. The molecule has 70 heavy (non-hydrogen) atoms. The zero-order chi connectivity index (χ0) is 48.8. The van der Waals surface area contributed by atoms with Crippen LogP contribution in [0.4, 0.5) is 9.59 Å². The SMILES string of the molecule is COC(=O)N[C@H](C(=O)N1CCC[C@H]1c1ncc(-c2ccc3cc(-c4ccc(-c5ccc(-c6cnc([C@H]7CCCN7C(=O)[C@H](NC(=O)OC)C(C)C)[nH]6)cn5)c5c4C4CCC5CC4)ccc3c2)[nH]1)C(C)C. The van der Waals surface area contributed by atoms with Crippen LogP contribution in [0.3, 0.4) is 0 Å². The first-order valence-corrected chi connectivity index (χ1v) is 25.0. The van der Waals surface area contributed by atoms with Gasteiger partial charge in [0.1, 0.15) is 23.7 Å². The number of nitrogens with one attached hydrogen (secondary N) is 4. The number of alkyl carbamates (subject to hydrolysis) is 2. The van der Waals surface area contributed by atoms with Crippen LogP contribution in [0.2, 0.25) is 0 Å². The molecule has 15 heteroatoms. The molecule has 6 aromatic rings. The summed E-state index contributed by atoms with van der Waals surface area (Å²) in [6.07, 6.45) is 12.4. The zero-order valence-electron chi connectivity index (χ0n) is 40.9. The number of ether oxygens (including phenoxy) is 2. The van der Waals surface area contributed by atoms with E-state index in [1.54, 1.807) is 0 Å². The summed E-state index contributed by atoms with van der Waals surface area (Å²) in [5, 5.41) is 7.74. The summed E-state index contributed by atoms with van der Waals surface area (Å²) in [6, 6.07) is 20.3. The van der Waals surface area contributed by atoms with Gasteiger partial charge in [0.15, 0.2) is 0 Å². The number of fused-ring (bicyclic) bond motifs is 3. The van der Waals surface area contributed by atoms with Gasteiger partial charge in [-0.3, -0.25) is 14.6 Å². The van der Waals surface area contributed by atoms with Crippen LogP contribution in [-0.2, 0) is 19.1 Å². The number of rotatable bonds is 12. The van der Waals surface area contributed by atoms with E-state index in [2.05, 4.69) is 81.3 Å². The van der Waals surface area contributed by atoms with E-state index in [9.17, 15) is 19.2 Å². The van der Waals surface area contributed by atoms with Gasteiger partial charge in [-0.05, 0) is 132 Å². The van der Waals surface area contributed by atoms with Crippen molar-refractivity contribution in [3.63, 3.8) is 0 Å². The van der Waals surface area contributed by atoms with E-state index < -0.39 is 24.3 Å². The van der Waals surface area contributed by atoms with E-state index in [-0.39, 0.29) is 35.7 Å². The third-order valence-electron chi connectivity index (χ3n) is 15.3. The number of imidazole rings is 2. The van der Waals surface area contributed by atoms with Gasteiger partial charge in [-0.1, -0.05) is 64.1 Å². The number of aromatic amines is 2. The van der Waals surface area contributed by atoms with Crippen molar-refractivity contribution in [1.82, 2.24) is 45.4 Å². The molecule has 3 aliphatic carbocycles. The van der Waals surface area contributed by atoms with E-state index in [4.69, 9.17) is 24.4 Å². The molecule has 2 bridgehead atoms. The van der Waals surface area contributed by atoms with Crippen LogP contribution in [0, 0.1) is 11.8 Å². The van der Waals surface area contributed by atoms with Gasteiger partial charge < -0.3 is 39.9 Å². The van der Waals surface area contributed by atoms with Crippen molar-refractivity contribution in [2.45, 2.75) is 115 Å². The number of carbonyl (C=O) groups excluding carboxylic acids is 4. The van der Waals surface area contributed by atoms with E-state index >= 15 is 0 Å². The third-order valence-corrected chi connectivity index (χ3v) is 15.3. The number of hydrogen-bond acceptors (Lipinski definition) is 9. The first kappa shape index (κ1) is 46.7. The summed E-state index contributed by atoms with van der Waals surface area (Å²) in [5.41, 5.74) is 11.3. The summed E-state index contributed by atoms with van der Waals surface area (Å²) in [5.74, 6) is 1.99. The standard InChI is InChI=1S/C55H63N9O6/c1-30(2)48(61-54(67)69-5)52(65)63-23-7-9-44(63)50-57-28-42(59-50)37-18-16-34-25-36(17-15-35(34)26-37)39-20-21-40(47-33-13-11-32(12-14-33)46(39)47)41-22-19-38(27-56-41)43-29-58-51(60-43)45-10-8-24-64(45)53(66)49(31(3)4)62-55(68)70-6/h15-22,25-33,44-45,48-49H,7-14,23-24H2,1-6H3,(H,57,59)(H,58,60)(H,61,67)(H,62,68)/t32?,33?,44-,45+,48-,49+/m0/s1. The Kier molecular flexibility index (Phi) is 12.9. The maximum atomic E-state index is 13.7. The van der Waals surface area contributed by atoms with Gasteiger partial charge >= 0.3 is 12.2 Å². The number of amides is 4. The molecule has 2 aliphatic heterocycles. The highest BCUT2D eigenvalue weighted by Crippen LogP contribution is 2.55. The molecule has 4 atom stereocenters. The molecule has 0 radical (unpaired) electrons. The fourth-order valence-electron chi connectivity index (χ4n) is 11.6. The van der Waals surface area contributed by atoms with Crippen molar-refractivity contribution in [1.29, 1.82) is 0 Å². The van der Waals surface area contributed by atoms with Gasteiger partial charge in [0.25, 0.3) is 0 Å². The van der Waals surface area contributed by atoms with Crippen LogP contribution < -0.4 is 10.6 Å². The van der Waals surface area contributed by atoms with Gasteiger partial charge in [0.2, 0.25) is 11.8 Å². The average molecular weight is 946 g/mol. The van der Waals surface area contributed by atoms with Gasteiger partial charge in [-0.25, -0.2) is 19.6 Å². The van der Waals surface area contributed by atoms with Gasteiger partial charge in [-0.2, -0.15) is 0 Å². The Labute approximate surface area is 408 Å². The van der Waals surface area contributed by atoms with Crippen molar-refractivity contribution in [2.75, 3.05) is 27.3 Å². The Bertz CT molecular complexity index is 2930. The molecule has 1 saturated carbocycles. The molecular formula is C55H63N9O6. The lowest BCUT2D eigenvalue weighted by Crippen LogP contribution is -2.51. The van der Waals surface area contributed by atoms with Crippen LogP contribution in [0.1, 0.15) is 126 Å². The number of benzene rings is 3. The summed E-state index contributed by atoms with van der Waals surface area (Å²) in [4.78, 5) is 76.9. The second-order valence-corrected chi connectivity index (χ2v) is 20.2. The van der Waals surface area contributed by atoms with Gasteiger partial charge in [0, 0.05) is 36.0 Å². The van der Waals surface area contributed by atoms with Crippen LogP contribution in [-0.4, -0.2) is 98.1 Å². The van der Waals surface area contributed by atoms with E-state index in [0.29, 0.717) is 24.9 Å². The highest BCUT2D eigenvalue weighted by Gasteiger charge is 2.40. The quantitative estimate of drug-likeness (QED) is 0.0926. The van der Waals surface area contributed by atoms with Crippen LogP contribution in [0.5, 0.6) is 0 Å². The number of methoxy groups -OCH3 is 2. The Morgan fingerprint density at radius 2 is 1.04 bits per heavy atom. The maximum Gasteiger partial charge on any atom is 0.407 e. The third kappa shape index (κ3) is 8.79. The number of hydrogen-bond donors (Lipinski definition) is 4. The van der Waals surface area contributed by atoms with Crippen LogP contribution >= 0.6 is 0 Å². The van der Waals surface area contributed by atoms with Crippen molar-refractivity contribution in [3.8, 4) is 44.9 Å². The first-order valence-electron chi connectivity index (χ1n) is 25.0. The number of pyridine rings is 1. The summed E-state index contributed by atoms with van der Waals surface area (Å²) >= 11 is 0. The Balaban J connectivity index is 0.872. The molecule has 5 aliphatic rings. The van der Waals surface area contributed by atoms with E-state index in [1.807, 2.05) is 56.1 Å².